The number of aromatic nitrogens is 2. The fourth-order valence-corrected chi connectivity index (χ4v) is 2.41. The number of benzene rings is 1. The second-order valence-electron chi connectivity index (χ2n) is 6.74. The van der Waals surface area contributed by atoms with Crippen LogP contribution in [0.1, 0.15) is 32.8 Å². The summed E-state index contributed by atoms with van der Waals surface area (Å²) in [4.78, 5) is 23.7. The molecule has 0 aliphatic carbocycles. The molecule has 0 aliphatic heterocycles. The lowest BCUT2D eigenvalue weighted by Crippen LogP contribution is -2.27. The predicted octanol–water partition coefficient (Wildman–Crippen LogP) is 1.93. The van der Waals surface area contributed by atoms with E-state index in [-0.39, 0.29) is 17.0 Å². The summed E-state index contributed by atoms with van der Waals surface area (Å²) in [6.45, 7) is 6.60. The first kappa shape index (κ1) is 15.4. The van der Waals surface area contributed by atoms with Crippen molar-refractivity contribution in [3.63, 3.8) is 0 Å². The van der Waals surface area contributed by atoms with Gasteiger partial charge in [-0.2, -0.15) is 0 Å². The van der Waals surface area contributed by atoms with Gasteiger partial charge in [-0.3, -0.25) is 13.9 Å². The monoisotopic (exact) mass is 289 g/mol. The molecule has 0 saturated heterocycles. The van der Waals surface area contributed by atoms with Crippen LogP contribution in [0, 0.1) is 5.41 Å². The van der Waals surface area contributed by atoms with Gasteiger partial charge in [0.2, 0.25) is 5.91 Å². The van der Waals surface area contributed by atoms with Crippen LogP contribution in [0.5, 0.6) is 0 Å². The zero-order chi connectivity index (χ0) is 15.8. The Hall–Kier alpha value is -2.04. The van der Waals surface area contributed by atoms with E-state index in [2.05, 4.69) is 5.32 Å². The number of aryl methyl sites for hydroxylation is 2. The highest BCUT2D eigenvalue weighted by Crippen LogP contribution is 2.18. The van der Waals surface area contributed by atoms with Gasteiger partial charge in [-0.1, -0.05) is 26.8 Å². The van der Waals surface area contributed by atoms with E-state index in [9.17, 15) is 9.59 Å². The van der Waals surface area contributed by atoms with Gasteiger partial charge in [-0.15, -0.1) is 0 Å². The van der Waals surface area contributed by atoms with Crippen LogP contribution in [-0.2, 0) is 25.4 Å². The number of carbonyl (C=O) groups excluding carboxylic acids is 1. The van der Waals surface area contributed by atoms with E-state index in [1.807, 2.05) is 39.0 Å². The maximum atomic E-state index is 11.9. The Bertz CT molecular complexity index is 732. The van der Waals surface area contributed by atoms with Gasteiger partial charge < -0.3 is 5.32 Å². The van der Waals surface area contributed by atoms with Crippen molar-refractivity contribution in [3.05, 3.63) is 34.2 Å². The van der Waals surface area contributed by atoms with Crippen LogP contribution in [0.3, 0.4) is 0 Å². The molecular formula is C16H23N3O2. The average Bonchev–Trinajstić information content (AvgIpc) is 2.60. The summed E-state index contributed by atoms with van der Waals surface area (Å²) in [5.74, 6) is 0.0459. The molecule has 0 aliphatic rings. The molecule has 1 aromatic carbocycles. The molecule has 0 unspecified atom stereocenters. The Kier molecular flexibility index (Phi) is 3.94. The van der Waals surface area contributed by atoms with Crippen molar-refractivity contribution in [2.75, 3.05) is 0 Å². The second-order valence-corrected chi connectivity index (χ2v) is 6.74. The number of hydrogen-bond acceptors (Lipinski definition) is 2. The van der Waals surface area contributed by atoms with Crippen molar-refractivity contribution in [2.45, 2.75) is 33.7 Å². The summed E-state index contributed by atoms with van der Waals surface area (Å²) in [6, 6.07) is 5.81. The van der Waals surface area contributed by atoms with E-state index in [1.165, 1.54) is 0 Å². The normalized spacial score (nSPS) is 11.9. The van der Waals surface area contributed by atoms with E-state index >= 15 is 0 Å². The highest BCUT2D eigenvalue weighted by atomic mass is 16.2. The Balaban J connectivity index is 2.15. The molecule has 114 valence electrons. The summed E-state index contributed by atoms with van der Waals surface area (Å²) in [5, 5.41) is 2.93. The predicted molar refractivity (Wildman–Crippen MR) is 84.1 cm³/mol. The molecule has 2 rings (SSSR count). The number of imidazole rings is 1. The molecule has 5 nitrogen and oxygen atoms in total. The SMILES string of the molecule is Cn1c(=O)n(C)c2cc(CNC(=O)CC(C)(C)C)ccc21. The second kappa shape index (κ2) is 5.39. The highest BCUT2D eigenvalue weighted by molar-refractivity contribution is 5.78. The first-order valence-corrected chi connectivity index (χ1v) is 7.10. The first-order valence-electron chi connectivity index (χ1n) is 7.10. The van der Waals surface area contributed by atoms with E-state index in [4.69, 9.17) is 0 Å². The van der Waals surface area contributed by atoms with Crippen LogP contribution in [0.25, 0.3) is 11.0 Å². The summed E-state index contributed by atoms with van der Waals surface area (Å²) >= 11 is 0. The maximum absolute atomic E-state index is 11.9. The van der Waals surface area contributed by atoms with Crippen molar-refractivity contribution in [1.82, 2.24) is 14.5 Å². The number of rotatable bonds is 3. The largest absolute Gasteiger partial charge is 0.352 e. The van der Waals surface area contributed by atoms with Gasteiger partial charge in [0, 0.05) is 27.1 Å². The van der Waals surface area contributed by atoms with Crippen LogP contribution in [0.15, 0.2) is 23.0 Å². The minimum absolute atomic E-state index is 0.0165. The van der Waals surface area contributed by atoms with Gasteiger partial charge in [0.1, 0.15) is 0 Å². The standard InChI is InChI=1S/C16H23N3O2/c1-16(2,3)9-14(20)17-10-11-6-7-12-13(8-11)19(5)15(21)18(12)4/h6-8H,9-10H2,1-5H3,(H,17,20). The lowest BCUT2D eigenvalue weighted by atomic mass is 9.92. The van der Waals surface area contributed by atoms with Crippen LogP contribution in [-0.4, -0.2) is 15.0 Å². The van der Waals surface area contributed by atoms with Gasteiger partial charge in [0.25, 0.3) is 0 Å². The van der Waals surface area contributed by atoms with Crippen molar-refractivity contribution in [2.24, 2.45) is 19.5 Å². The lowest BCUT2D eigenvalue weighted by Gasteiger charge is -2.17. The van der Waals surface area contributed by atoms with E-state index < -0.39 is 0 Å². The highest BCUT2D eigenvalue weighted by Gasteiger charge is 2.15. The molecule has 1 N–H and O–H groups in total. The van der Waals surface area contributed by atoms with E-state index in [1.54, 1.807) is 23.2 Å². The quantitative estimate of drug-likeness (QED) is 0.938. The summed E-state index contributed by atoms with van der Waals surface area (Å²) in [5.41, 5.74) is 2.71. The van der Waals surface area contributed by atoms with Gasteiger partial charge in [-0.25, -0.2) is 4.79 Å². The molecule has 1 heterocycles. The molecular weight excluding hydrogens is 266 g/mol. The Morgan fingerprint density at radius 2 is 1.76 bits per heavy atom. The average molecular weight is 289 g/mol. The Morgan fingerprint density at radius 3 is 2.38 bits per heavy atom. The van der Waals surface area contributed by atoms with Crippen molar-refractivity contribution in [3.8, 4) is 0 Å². The molecule has 21 heavy (non-hydrogen) atoms. The van der Waals surface area contributed by atoms with Gasteiger partial charge in [0.05, 0.1) is 11.0 Å². The number of carbonyl (C=O) groups is 1. The van der Waals surface area contributed by atoms with Gasteiger partial charge >= 0.3 is 5.69 Å². The van der Waals surface area contributed by atoms with Crippen molar-refractivity contribution in [1.29, 1.82) is 0 Å². The summed E-state index contributed by atoms with van der Waals surface area (Å²) in [6.07, 6.45) is 0.499. The number of fused-ring (bicyclic) bond motifs is 1. The lowest BCUT2D eigenvalue weighted by molar-refractivity contribution is -0.122. The van der Waals surface area contributed by atoms with Crippen LogP contribution >= 0.6 is 0 Å². The molecule has 0 fully saturated rings. The minimum atomic E-state index is -0.0427. The molecule has 0 atom stereocenters. The van der Waals surface area contributed by atoms with Crippen LogP contribution in [0.4, 0.5) is 0 Å². The molecule has 0 bridgehead atoms. The Labute approximate surface area is 124 Å². The Morgan fingerprint density at radius 1 is 1.14 bits per heavy atom. The van der Waals surface area contributed by atoms with E-state index in [0.717, 1.165) is 16.6 Å². The molecule has 1 amide bonds. The third kappa shape index (κ3) is 3.35. The first-order chi connectivity index (χ1) is 9.69. The fraction of sp³-hybridized carbons (Fsp3) is 0.500. The number of amides is 1. The molecule has 0 radical (unpaired) electrons. The summed E-state index contributed by atoms with van der Waals surface area (Å²) < 4.78 is 3.24. The smallest absolute Gasteiger partial charge is 0.328 e. The fourth-order valence-electron chi connectivity index (χ4n) is 2.41. The molecule has 2 aromatic rings. The summed E-state index contributed by atoms with van der Waals surface area (Å²) in [7, 11) is 3.52. The zero-order valence-electron chi connectivity index (χ0n) is 13.4. The topological polar surface area (TPSA) is 56.0 Å². The maximum Gasteiger partial charge on any atom is 0.328 e. The minimum Gasteiger partial charge on any atom is -0.352 e. The van der Waals surface area contributed by atoms with Crippen LogP contribution < -0.4 is 11.0 Å². The number of hydrogen-bond donors (Lipinski definition) is 1. The zero-order valence-corrected chi connectivity index (χ0v) is 13.4. The van der Waals surface area contributed by atoms with Crippen molar-refractivity contribution >= 4 is 16.9 Å². The van der Waals surface area contributed by atoms with Crippen molar-refractivity contribution < 1.29 is 4.79 Å². The van der Waals surface area contributed by atoms with Gasteiger partial charge in [0.15, 0.2) is 0 Å². The number of nitrogens with zero attached hydrogens (tertiary/aromatic N) is 2. The third-order valence-corrected chi connectivity index (χ3v) is 3.52. The molecule has 0 saturated carbocycles. The molecule has 0 spiro atoms. The third-order valence-electron chi connectivity index (χ3n) is 3.52. The number of nitrogens with one attached hydrogen (secondary N) is 1. The molecule has 1 aromatic heterocycles. The van der Waals surface area contributed by atoms with Gasteiger partial charge in [-0.05, 0) is 23.1 Å². The molecule has 5 heteroatoms. The van der Waals surface area contributed by atoms with E-state index in [0.29, 0.717) is 13.0 Å². The van der Waals surface area contributed by atoms with Crippen LogP contribution in [0.2, 0.25) is 0 Å².